The van der Waals surface area contributed by atoms with Crippen LogP contribution < -0.4 is 9.64 Å². The minimum Gasteiger partial charge on any atom is -0.503 e. The molecule has 1 aliphatic heterocycles. The topological polar surface area (TPSA) is 143 Å². The highest BCUT2D eigenvalue weighted by molar-refractivity contribution is 7.22. The van der Waals surface area contributed by atoms with Gasteiger partial charge in [-0.25, -0.2) is 9.78 Å². The van der Waals surface area contributed by atoms with Gasteiger partial charge in [-0.15, -0.1) is 0 Å². The Morgan fingerprint density at radius 1 is 1.18 bits per heavy atom. The van der Waals surface area contributed by atoms with Gasteiger partial charge >= 0.3 is 5.97 Å². The number of carbonyl (C=O) groups is 3. The number of hydrogen-bond acceptors (Lipinski definition) is 9. The Bertz CT molecular complexity index is 1860. The quantitative estimate of drug-likeness (QED) is 0.254. The standard InChI is InChI=1S/C27H16ClN3O7S/c1-37-18-10-15(28)7-14-8-17(38-24(14)18)22(32)20-21(13-3-2-6-29-11-13)31(25(34)23(20)33)27-30-16-5-4-12(26(35)36)9-19(16)39-27/h2-11,21,33H,1H3,(H,35,36). The van der Waals surface area contributed by atoms with Gasteiger partial charge in [0.15, 0.2) is 28.0 Å². The molecule has 6 rings (SSSR count). The van der Waals surface area contributed by atoms with Gasteiger partial charge in [-0.05, 0) is 42.0 Å². The SMILES string of the molecule is COc1cc(Cl)cc2cc(C(=O)C3=C(O)C(=O)N(c4nc5ccc(C(=O)O)cc5s4)C3c3cccnc3)oc12. The third-order valence-electron chi connectivity index (χ3n) is 6.27. The minimum absolute atomic E-state index is 0.0616. The molecule has 2 N–H and O–H groups in total. The highest BCUT2D eigenvalue weighted by Gasteiger charge is 2.46. The van der Waals surface area contributed by atoms with E-state index in [0.717, 1.165) is 11.3 Å². The van der Waals surface area contributed by atoms with Crippen molar-refractivity contribution < 1.29 is 33.8 Å². The summed E-state index contributed by atoms with van der Waals surface area (Å²) >= 11 is 7.22. The van der Waals surface area contributed by atoms with Crippen molar-refractivity contribution >= 4 is 66.9 Å². The van der Waals surface area contributed by atoms with Gasteiger partial charge in [-0.2, -0.15) is 0 Å². The van der Waals surface area contributed by atoms with Crippen molar-refractivity contribution in [2.45, 2.75) is 6.04 Å². The number of carboxylic acid groups (broad SMARTS) is 1. The molecule has 0 fully saturated rings. The van der Waals surface area contributed by atoms with E-state index < -0.39 is 29.5 Å². The molecule has 1 aliphatic rings. The molecule has 12 heteroatoms. The van der Waals surface area contributed by atoms with Gasteiger partial charge < -0.3 is 19.4 Å². The molecular formula is C27H16ClN3O7S. The summed E-state index contributed by atoms with van der Waals surface area (Å²) in [5.74, 6) is -3.25. The smallest absolute Gasteiger partial charge is 0.335 e. The van der Waals surface area contributed by atoms with E-state index >= 15 is 0 Å². The number of furan rings is 1. The second-order valence-corrected chi connectivity index (χ2v) is 10.0. The molecule has 0 saturated heterocycles. The number of nitrogens with zero attached hydrogens (tertiary/aromatic N) is 3. The van der Waals surface area contributed by atoms with Crippen LogP contribution >= 0.6 is 22.9 Å². The number of aliphatic hydroxyl groups is 1. The van der Waals surface area contributed by atoms with Crippen molar-refractivity contribution in [3.8, 4) is 5.75 Å². The number of thiazole rings is 1. The van der Waals surface area contributed by atoms with Gasteiger partial charge in [0, 0.05) is 28.9 Å². The second-order valence-electron chi connectivity index (χ2n) is 8.58. The van der Waals surface area contributed by atoms with Crippen LogP contribution in [0.3, 0.4) is 0 Å². The molecule has 5 aromatic rings. The van der Waals surface area contributed by atoms with E-state index in [1.165, 1.54) is 48.7 Å². The van der Waals surface area contributed by atoms with E-state index in [1.54, 1.807) is 24.3 Å². The highest BCUT2D eigenvalue weighted by Crippen LogP contribution is 2.45. The van der Waals surface area contributed by atoms with Crippen LogP contribution in [0.25, 0.3) is 21.2 Å². The number of carbonyl (C=O) groups excluding carboxylic acids is 2. The largest absolute Gasteiger partial charge is 0.503 e. The summed E-state index contributed by atoms with van der Waals surface area (Å²) in [6.07, 6.45) is 3.02. The molecule has 0 aliphatic carbocycles. The van der Waals surface area contributed by atoms with E-state index in [4.69, 9.17) is 20.8 Å². The lowest BCUT2D eigenvalue weighted by Crippen LogP contribution is -2.31. The zero-order chi connectivity index (χ0) is 27.4. The Labute approximate surface area is 228 Å². The number of benzene rings is 2. The Morgan fingerprint density at radius 2 is 2.00 bits per heavy atom. The number of halogens is 1. The van der Waals surface area contributed by atoms with Gasteiger partial charge in [0.05, 0.1) is 34.5 Å². The van der Waals surface area contributed by atoms with Gasteiger partial charge in [0.1, 0.15) is 0 Å². The number of aliphatic hydroxyl groups excluding tert-OH is 1. The number of ketones is 1. The average molecular weight is 562 g/mol. The number of pyridine rings is 1. The number of Topliss-reactive ketones (excluding diaryl/α,β-unsaturated/α-hetero) is 1. The van der Waals surface area contributed by atoms with Crippen LogP contribution in [-0.4, -0.2) is 45.0 Å². The zero-order valence-corrected chi connectivity index (χ0v) is 21.5. The average Bonchev–Trinajstić information content (AvgIpc) is 3.62. The molecule has 2 aromatic carbocycles. The number of hydrogen-bond donors (Lipinski definition) is 2. The zero-order valence-electron chi connectivity index (χ0n) is 19.9. The van der Waals surface area contributed by atoms with Crippen LogP contribution in [0.15, 0.2) is 76.7 Å². The maximum atomic E-state index is 13.8. The maximum Gasteiger partial charge on any atom is 0.335 e. The number of anilines is 1. The van der Waals surface area contributed by atoms with Gasteiger partial charge in [-0.1, -0.05) is 29.0 Å². The predicted octanol–water partition coefficient (Wildman–Crippen LogP) is 5.58. The van der Waals surface area contributed by atoms with Gasteiger partial charge in [0.25, 0.3) is 5.91 Å². The lowest BCUT2D eigenvalue weighted by atomic mass is 9.96. The third kappa shape index (κ3) is 3.99. The molecule has 0 bridgehead atoms. The number of rotatable bonds is 6. The van der Waals surface area contributed by atoms with Crippen molar-refractivity contribution in [2.75, 3.05) is 12.0 Å². The fraction of sp³-hybridized carbons (Fsp3) is 0.0741. The molecule has 1 atom stereocenters. The maximum absolute atomic E-state index is 13.8. The Balaban J connectivity index is 1.49. The van der Waals surface area contributed by atoms with Gasteiger partial charge in [0.2, 0.25) is 5.78 Å². The van der Waals surface area contributed by atoms with Crippen LogP contribution in [0.5, 0.6) is 5.75 Å². The fourth-order valence-corrected chi connectivity index (χ4v) is 5.77. The third-order valence-corrected chi connectivity index (χ3v) is 7.51. The minimum atomic E-state index is -1.10. The summed E-state index contributed by atoms with van der Waals surface area (Å²) in [7, 11) is 1.44. The van der Waals surface area contributed by atoms with Gasteiger partial charge in [-0.3, -0.25) is 19.5 Å². The number of amides is 1. The first-order valence-corrected chi connectivity index (χ1v) is 12.6. The van der Waals surface area contributed by atoms with E-state index in [2.05, 4.69) is 9.97 Å². The molecule has 3 aromatic heterocycles. The normalized spacial score (nSPS) is 15.5. The van der Waals surface area contributed by atoms with E-state index in [0.29, 0.717) is 31.9 Å². The van der Waals surface area contributed by atoms with E-state index in [9.17, 15) is 24.6 Å². The molecule has 39 heavy (non-hydrogen) atoms. The molecule has 10 nitrogen and oxygen atoms in total. The summed E-state index contributed by atoms with van der Waals surface area (Å²) in [6.45, 7) is 0. The molecule has 0 saturated carbocycles. The first kappa shape index (κ1) is 24.6. The molecule has 4 heterocycles. The Kier molecular flexibility index (Phi) is 5.82. The number of ether oxygens (including phenoxy) is 1. The van der Waals surface area contributed by atoms with E-state index in [1.807, 2.05) is 0 Å². The number of methoxy groups -OCH3 is 1. The van der Waals surface area contributed by atoms with Crippen LogP contribution in [0.1, 0.15) is 32.5 Å². The van der Waals surface area contributed by atoms with Crippen LogP contribution in [0, 0.1) is 0 Å². The summed E-state index contributed by atoms with van der Waals surface area (Å²) in [5.41, 5.74) is 1.03. The molecule has 1 amide bonds. The first-order chi connectivity index (χ1) is 18.8. The molecule has 0 radical (unpaired) electrons. The summed E-state index contributed by atoms with van der Waals surface area (Å²) in [4.78, 5) is 48.5. The first-order valence-electron chi connectivity index (χ1n) is 11.4. The molecule has 194 valence electrons. The monoisotopic (exact) mass is 561 g/mol. The summed E-state index contributed by atoms with van der Waals surface area (Å²) < 4.78 is 11.7. The lowest BCUT2D eigenvalue weighted by Gasteiger charge is -2.23. The lowest BCUT2D eigenvalue weighted by molar-refractivity contribution is -0.117. The molecule has 0 spiro atoms. The highest BCUT2D eigenvalue weighted by atomic mass is 35.5. The number of aromatic carboxylic acids is 1. The summed E-state index contributed by atoms with van der Waals surface area (Å²) in [6, 6.07) is 11.2. The van der Waals surface area contributed by atoms with Crippen LogP contribution in [0.2, 0.25) is 5.02 Å². The van der Waals surface area contributed by atoms with E-state index in [-0.39, 0.29) is 27.6 Å². The van der Waals surface area contributed by atoms with Crippen LogP contribution in [-0.2, 0) is 4.79 Å². The second kappa shape index (κ2) is 9.22. The number of carboxylic acids is 1. The summed E-state index contributed by atoms with van der Waals surface area (Å²) in [5, 5.41) is 21.4. The predicted molar refractivity (Wildman–Crippen MR) is 143 cm³/mol. The Hall–Kier alpha value is -4.74. The van der Waals surface area contributed by atoms with Crippen LogP contribution in [0.4, 0.5) is 5.13 Å². The fourth-order valence-electron chi connectivity index (χ4n) is 4.52. The van der Waals surface area contributed by atoms with Crippen molar-refractivity contribution in [3.05, 3.63) is 94.2 Å². The van der Waals surface area contributed by atoms with Crippen molar-refractivity contribution in [1.29, 1.82) is 0 Å². The Morgan fingerprint density at radius 3 is 2.72 bits per heavy atom. The molecule has 1 unspecified atom stereocenters. The van der Waals surface area contributed by atoms with Crippen molar-refractivity contribution in [2.24, 2.45) is 0 Å². The number of aromatic nitrogens is 2. The molecular weight excluding hydrogens is 546 g/mol. The van der Waals surface area contributed by atoms with Crippen molar-refractivity contribution in [1.82, 2.24) is 9.97 Å². The van der Waals surface area contributed by atoms with Crippen molar-refractivity contribution in [3.63, 3.8) is 0 Å². The number of fused-ring (bicyclic) bond motifs is 2.